The van der Waals surface area contributed by atoms with Gasteiger partial charge >= 0.3 is 0 Å². The average Bonchev–Trinajstić information content (AvgIpc) is 3.13. The Kier molecular flexibility index (Phi) is 4.54. The normalized spacial score (nSPS) is 19.1. The van der Waals surface area contributed by atoms with Gasteiger partial charge in [0.05, 0.1) is 11.4 Å². The lowest BCUT2D eigenvalue weighted by molar-refractivity contribution is 0.150. The third-order valence-corrected chi connectivity index (χ3v) is 5.60. The van der Waals surface area contributed by atoms with Crippen LogP contribution in [0.5, 0.6) is 0 Å². The minimum absolute atomic E-state index is 0.349. The van der Waals surface area contributed by atoms with E-state index < -0.39 is 0 Å². The van der Waals surface area contributed by atoms with Gasteiger partial charge in [-0.25, -0.2) is 9.50 Å². The fourth-order valence-electron chi connectivity index (χ4n) is 3.55. The number of pyridine rings is 1. The first-order valence-corrected chi connectivity index (χ1v) is 9.64. The van der Waals surface area contributed by atoms with E-state index in [-0.39, 0.29) is 0 Å². The van der Waals surface area contributed by atoms with E-state index in [9.17, 15) is 0 Å². The summed E-state index contributed by atoms with van der Waals surface area (Å²) in [4.78, 5) is 12.6. The monoisotopic (exact) mass is 356 g/mol. The first-order valence-electron chi connectivity index (χ1n) is 8.83. The molecule has 1 unspecified atom stereocenters. The van der Waals surface area contributed by atoms with Gasteiger partial charge in [-0.3, -0.25) is 9.88 Å². The number of aryl methyl sites for hydroxylation is 1. The largest absolute Gasteiger partial charge is 0.314 e. The summed E-state index contributed by atoms with van der Waals surface area (Å²) in [6.45, 7) is 10.3. The van der Waals surface area contributed by atoms with Crippen molar-refractivity contribution in [1.82, 2.24) is 29.8 Å². The van der Waals surface area contributed by atoms with E-state index in [4.69, 9.17) is 10.1 Å². The molecule has 7 heteroatoms. The number of aromatic nitrogens is 4. The maximum absolute atomic E-state index is 4.86. The van der Waals surface area contributed by atoms with Gasteiger partial charge in [0, 0.05) is 44.6 Å². The molecule has 0 spiro atoms. The zero-order valence-corrected chi connectivity index (χ0v) is 15.8. The van der Waals surface area contributed by atoms with E-state index in [2.05, 4.69) is 45.7 Å². The molecular weight excluding hydrogens is 332 g/mol. The fourth-order valence-corrected chi connectivity index (χ4v) is 4.32. The number of fused-ring (bicyclic) bond motifs is 1. The first-order chi connectivity index (χ1) is 12.1. The zero-order valence-electron chi connectivity index (χ0n) is 14.9. The third-order valence-electron chi connectivity index (χ3n) is 4.77. The Balaban J connectivity index is 1.70. The van der Waals surface area contributed by atoms with E-state index in [1.807, 2.05) is 19.3 Å². The summed E-state index contributed by atoms with van der Waals surface area (Å²) in [7, 11) is 0. The summed E-state index contributed by atoms with van der Waals surface area (Å²) >= 11 is 1.67. The second-order valence-corrected chi connectivity index (χ2v) is 8.04. The average molecular weight is 356 g/mol. The molecule has 1 atom stereocenters. The molecular formula is C18H24N6S. The molecule has 1 saturated heterocycles. The maximum Gasteiger partial charge on any atom is 0.212 e. The van der Waals surface area contributed by atoms with Gasteiger partial charge in [-0.15, -0.1) is 0 Å². The van der Waals surface area contributed by atoms with Crippen molar-refractivity contribution in [1.29, 1.82) is 0 Å². The van der Waals surface area contributed by atoms with Crippen LogP contribution in [0.15, 0.2) is 24.5 Å². The number of hydrogen-bond acceptors (Lipinski definition) is 6. The van der Waals surface area contributed by atoms with Gasteiger partial charge in [0.2, 0.25) is 4.96 Å². The molecule has 1 N–H and O–H groups in total. The van der Waals surface area contributed by atoms with Crippen LogP contribution >= 0.6 is 11.3 Å². The fraction of sp³-hybridized carbons (Fsp3) is 0.500. The van der Waals surface area contributed by atoms with Gasteiger partial charge in [0.25, 0.3) is 0 Å². The Morgan fingerprint density at radius 2 is 2.12 bits per heavy atom. The Morgan fingerprint density at radius 3 is 2.88 bits per heavy atom. The number of imidazole rings is 1. The molecule has 0 bridgehead atoms. The second-order valence-electron chi connectivity index (χ2n) is 6.88. The molecule has 0 saturated carbocycles. The Hall–Kier alpha value is -1.83. The quantitative estimate of drug-likeness (QED) is 0.779. The number of piperazine rings is 1. The van der Waals surface area contributed by atoms with Crippen molar-refractivity contribution in [3.05, 3.63) is 46.5 Å². The zero-order chi connectivity index (χ0) is 17.4. The second kappa shape index (κ2) is 6.82. The summed E-state index contributed by atoms with van der Waals surface area (Å²) in [5, 5.41) is 9.28. The van der Waals surface area contributed by atoms with Crippen LogP contribution in [0.4, 0.5) is 0 Å². The highest BCUT2D eigenvalue weighted by Crippen LogP contribution is 2.29. The lowest BCUT2D eigenvalue weighted by Crippen LogP contribution is -2.45. The van der Waals surface area contributed by atoms with Gasteiger partial charge in [-0.1, -0.05) is 25.2 Å². The van der Waals surface area contributed by atoms with E-state index >= 15 is 0 Å². The Morgan fingerprint density at radius 1 is 1.32 bits per heavy atom. The lowest BCUT2D eigenvalue weighted by atomic mass is 10.0. The Labute approximate surface area is 151 Å². The molecule has 25 heavy (non-hydrogen) atoms. The third kappa shape index (κ3) is 3.19. The minimum atomic E-state index is 0.349. The Bertz CT molecular complexity index is 853. The van der Waals surface area contributed by atoms with Gasteiger partial charge in [-0.05, 0) is 30.5 Å². The molecule has 1 aliphatic heterocycles. The summed E-state index contributed by atoms with van der Waals surface area (Å²) in [5.74, 6) is 0.395. The lowest BCUT2D eigenvalue weighted by Gasteiger charge is -2.36. The first kappa shape index (κ1) is 16.6. The van der Waals surface area contributed by atoms with Crippen molar-refractivity contribution in [3.63, 3.8) is 0 Å². The van der Waals surface area contributed by atoms with Gasteiger partial charge in [0.1, 0.15) is 5.01 Å². The molecule has 3 aromatic heterocycles. The number of rotatable bonds is 4. The molecule has 1 aliphatic rings. The van der Waals surface area contributed by atoms with Crippen LogP contribution in [0.3, 0.4) is 0 Å². The molecule has 3 aromatic rings. The van der Waals surface area contributed by atoms with Crippen LogP contribution in [0.25, 0.3) is 4.96 Å². The summed E-state index contributed by atoms with van der Waals surface area (Å²) in [6, 6.07) is 4.59. The maximum atomic E-state index is 4.86. The molecule has 0 amide bonds. The SMILES string of the molecule is Cc1nn2c(CN3CCNCC3c3ccncc3)c(C(C)C)nc2s1. The van der Waals surface area contributed by atoms with E-state index in [1.165, 1.54) is 17.0 Å². The van der Waals surface area contributed by atoms with Crippen LogP contribution in [-0.2, 0) is 6.54 Å². The molecule has 0 aromatic carbocycles. The van der Waals surface area contributed by atoms with Crippen molar-refractivity contribution in [2.75, 3.05) is 19.6 Å². The highest BCUT2D eigenvalue weighted by atomic mass is 32.1. The molecule has 1 fully saturated rings. The van der Waals surface area contributed by atoms with E-state index in [1.54, 1.807) is 11.3 Å². The molecule has 4 heterocycles. The van der Waals surface area contributed by atoms with Crippen LogP contribution in [0.1, 0.15) is 47.8 Å². The van der Waals surface area contributed by atoms with E-state index in [0.717, 1.165) is 36.1 Å². The molecule has 4 rings (SSSR count). The van der Waals surface area contributed by atoms with Crippen LogP contribution in [0, 0.1) is 6.92 Å². The summed E-state index contributed by atoms with van der Waals surface area (Å²) in [5.41, 5.74) is 3.71. The summed E-state index contributed by atoms with van der Waals surface area (Å²) in [6.07, 6.45) is 3.75. The van der Waals surface area contributed by atoms with Crippen molar-refractivity contribution in [2.45, 2.75) is 39.3 Å². The molecule has 0 aliphatic carbocycles. The number of nitrogens with one attached hydrogen (secondary N) is 1. The van der Waals surface area contributed by atoms with Gasteiger partial charge < -0.3 is 5.32 Å². The standard InChI is InChI=1S/C18H24N6S/c1-12(2)17-16(24-18(21-17)25-13(3)22-24)11-23-9-8-20-10-15(23)14-4-6-19-7-5-14/h4-7,12,15,20H,8-11H2,1-3H3. The van der Waals surface area contributed by atoms with Crippen molar-refractivity contribution in [3.8, 4) is 0 Å². The molecule has 6 nitrogen and oxygen atoms in total. The summed E-state index contributed by atoms with van der Waals surface area (Å²) < 4.78 is 2.06. The van der Waals surface area contributed by atoms with Crippen LogP contribution < -0.4 is 5.32 Å². The smallest absolute Gasteiger partial charge is 0.212 e. The minimum Gasteiger partial charge on any atom is -0.314 e. The van der Waals surface area contributed by atoms with Crippen LogP contribution in [0.2, 0.25) is 0 Å². The highest BCUT2D eigenvalue weighted by molar-refractivity contribution is 7.16. The van der Waals surface area contributed by atoms with Crippen molar-refractivity contribution in [2.24, 2.45) is 0 Å². The van der Waals surface area contributed by atoms with Crippen molar-refractivity contribution >= 4 is 16.3 Å². The van der Waals surface area contributed by atoms with E-state index in [0.29, 0.717) is 12.0 Å². The van der Waals surface area contributed by atoms with Crippen molar-refractivity contribution < 1.29 is 0 Å². The van der Waals surface area contributed by atoms with Crippen LogP contribution in [-0.4, -0.2) is 44.1 Å². The highest BCUT2D eigenvalue weighted by Gasteiger charge is 2.27. The predicted octanol–water partition coefficient (Wildman–Crippen LogP) is 2.76. The predicted molar refractivity (Wildman–Crippen MR) is 99.9 cm³/mol. The molecule has 132 valence electrons. The number of hydrogen-bond donors (Lipinski definition) is 1. The molecule has 0 radical (unpaired) electrons. The number of nitrogens with zero attached hydrogens (tertiary/aromatic N) is 5. The van der Waals surface area contributed by atoms with Gasteiger partial charge in [-0.2, -0.15) is 5.10 Å². The van der Waals surface area contributed by atoms with Gasteiger partial charge in [0.15, 0.2) is 0 Å². The topological polar surface area (TPSA) is 58.4 Å².